The maximum atomic E-state index is 5.58. The van der Waals surface area contributed by atoms with Gasteiger partial charge in [0.2, 0.25) is 11.8 Å². The Bertz CT molecular complexity index is 501. The van der Waals surface area contributed by atoms with Crippen LogP contribution in [0.5, 0.6) is 5.88 Å². The Hall–Kier alpha value is -1.36. The molecule has 0 saturated heterocycles. The number of hydrogen-bond acceptors (Lipinski definition) is 4. The van der Waals surface area contributed by atoms with E-state index in [4.69, 9.17) is 10.5 Å². The van der Waals surface area contributed by atoms with Gasteiger partial charge >= 0.3 is 0 Å². The molecular formula is C10H10BrN3O. The number of hydrogen-bond donors (Lipinski definition) is 1. The highest BCUT2D eigenvalue weighted by molar-refractivity contribution is 9.10. The number of rotatable bonds is 2. The van der Waals surface area contributed by atoms with Crippen molar-refractivity contribution in [1.82, 2.24) is 9.97 Å². The quantitative estimate of drug-likeness (QED) is 0.908. The van der Waals surface area contributed by atoms with Crippen LogP contribution in [-0.4, -0.2) is 16.6 Å². The van der Waals surface area contributed by atoms with E-state index in [1.165, 1.54) is 0 Å². The van der Waals surface area contributed by atoms with Gasteiger partial charge in [0.05, 0.1) is 17.5 Å². The monoisotopic (exact) mass is 267 g/mol. The first kappa shape index (κ1) is 10.2. The van der Waals surface area contributed by atoms with Crippen molar-refractivity contribution in [1.29, 1.82) is 0 Å². The lowest BCUT2D eigenvalue weighted by Gasteiger charge is -2.06. The van der Waals surface area contributed by atoms with Crippen LogP contribution in [-0.2, 0) is 0 Å². The van der Waals surface area contributed by atoms with Crippen molar-refractivity contribution in [3.05, 3.63) is 22.7 Å². The third-order valence-electron chi connectivity index (χ3n) is 1.92. The summed E-state index contributed by atoms with van der Waals surface area (Å²) < 4.78 is 6.37. The van der Waals surface area contributed by atoms with Crippen LogP contribution in [0, 0.1) is 0 Å². The summed E-state index contributed by atoms with van der Waals surface area (Å²) in [5.74, 6) is 0.759. The van der Waals surface area contributed by atoms with Gasteiger partial charge in [-0.2, -0.15) is 4.98 Å². The molecule has 4 nitrogen and oxygen atoms in total. The normalized spacial score (nSPS) is 10.5. The van der Waals surface area contributed by atoms with Crippen LogP contribution >= 0.6 is 15.9 Å². The number of nitrogens with zero attached hydrogens (tertiary/aromatic N) is 2. The number of fused-ring (bicyclic) bond motifs is 1. The molecule has 78 valence electrons. The van der Waals surface area contributed by atoms with Crippen LogP contribution in [0.15, 0.2) is 22.7 Å². The Morgan fingerprint density at radius 3 is 2.93 bits per heavy atom. The zero-order valence-electron chi connectivity index (χ0n) is 8.20. The van der Waals surface area contributed by atoms with Gasteiger partial charge in [0.25, 0.3) is 0 Å². The lowest BCUT2D eigenvalue weighted by atomic mass is 10.2. The number of benzene rings is 1. The van der Waals surface area contributed by atoms with Crippen molar-refractivity contribution in [3.63, 3.8) is 0 Å². The number of aromatic nitrogens is 2. The van der Waals surface area contributed by atoms with Crippen LogP contribution in [0.3, 0.4) is 0 Å². The highest BCUT2D eigenvalue weighted by atomic mass is 79.9. The molecule has 0 spiro atoms. The molecule has 0 radical (unpaired) electrons. The number of anilines is 1. The largest absolute Gasteiger partial charge is 0.477 e. The van der Waals surface area contributed by atoms with Crippen molar-refractivity contribution in [2.24, 2.45) is 0 Å². The Morgan fingerprint density at radius 1 is 1.40 bits per heavy atom. The minimum Gasteiger partial charge on any atom is -0.477 e. The Balaban J connectivity index is 2.70. The number of halogens is 1. The fourth-order valence-electron chi connectivity index (χ4n) is 1.34. The lowest BCUT2D eigenvalue weighted by Crippen LogP contribution is -2.01. The maximum absolute atomic E-state index is 5.58. The van der Waals surface area contributed by atoms with Gasteiger partial charge in [-0.1, -0.05) is 15.9 Å². The molecule has 0 aliphatic heterocycles. The molecular weight excluding hydrogens is 258 g/mol. The molecule has 2 aromatic rings. The standard InChI is InChI=1S/C10H10BrN3O/c1-2-15-9-7-5-6(11)3-4-8(7)13-10(12)14-9/h3-5H,2H2,1H3,(H2,12,13,14). The molecule has 1 heterocycles. The predicted octanol–water partition coefficient (Wildman–Crippen LogP) is 2.37. The summed E-state index contributed by atoms with van der Waals surface area (Å²) in [6.45, 7) is 2.46. The van der Waals surface area contributed by atoms with Gasteiger partial charge < -0.3 is 10.5 Å². The van der Waals surface area contributed by atoms with E-state index in [1.807, 2.05) is 25.1 Å². The van der Waals surface area contributed by atoms with Crippen LogP contribution in [0.2, 0.25) is 0 Å². The van der Waals surface area contributed by atoms with E-state index in [9.17, 15) is 0 Å². The highest BCUT2D eigenvalue weighted by Crippen LogP contribution is 2.26. The summed E-state index contributed by atoms with van der Waals surface area (Å²) in [4.78, 5) is 8.18. The maximum Gasteiger partial charge on any atom is 0.226 e. The SMILES string of the molecule is CCOc1nc(N)nc2ccc(Br)cc12. The van der Waals surface area contributed by atoms with Gasteiger partial charge in [-0.05, 0) is 25.1 Å². The van der Waals surface area contributed by atoms with E-state index < -0.39 is 0 Å². The van der Waals surface area contributed by atoms with Crippen molar-refractivity contribution < 1.29 is 4.74 Å². The van der Waals surface area contributed by atoms with E-state index in [2.05, 4.69) is 25.9 Å². The lowest BCUT2D eigenvalue weighted by molar-refractivity contribution is 0.331. The summed E-state index contributed by atoms with van der Waals surface area (Å²) in [7, 11) is 0. The zero-order chi connectivity index (χ0) is 10.8. The van der Waals surface area contributed by atoms with E-state index >= 15 is 0 Å². The fourth-order valence-corrected chi connectivity index (χ4v) is 1.70. The summed E-state index contributed by atoms with van der Waals surface area (Å²) in [6, 6.07) is 5.70. The molecule has 0 unspecified atom stereocenters. The van der Waals surface area contributed by atoms with Gasteiger partial charge in [-0.3, -0.25) is 0 Å². The Morgan fingerprint density at radius 2 is 2.20 bits per heavy atom. The molecule has 0 aliphatic carbocycles. The van der Waals surface area contributed by atoms with Crippen molar-refractivity contribution in [2.45, 2.75) is 6.92 Å². The zero-order valence-corrected chi connectivity index (χ0v) is 9.78. The average molecular weight is 268 g/mol. The van der Waals surface area contributed by atoms with Gasteiger partial charge in [-0.15, -0.1) is 0 Å². The first-order chi connectivity index (χ1) is 7.20. The number of nitrogen functional groups attached to an aromatic ring is 1. The van der Waals surface area contributed by atoms with Gasteiger partial charge in [-0.25, -0.2) is 4.98 Å². The van der Waals surface area contributed by atoms with E-state index in [1.54, 1.807) is 0 Å². The van der Waals surface area contributed by atoms with Crippen LogP contribution in [0.1, 0.15) is 6.92 Å². The number of ether oxygens (including phenoxy) is 1. The fraction of sp³-hybridized carbons (Fsp3) is 0.200. The molecule has 0 aliphatic rings. The molecule has 15 heavy (non-hydrogen) atoms. The van der Waals surface area contributed by atoms with Crippen molar-refractivity contribution in [2.75, 3.05) is 12.3 Å². The molecule has 1 aromatic heterocycles. The summed E-state index contributed by atoms with van der Waals surface area (Å²) in [5, 5.41) is 0.862. The molecule has 0 fully saturated rings. The molecule has 0 bridgehead atoms. The second-order valence-electron chi connectivity index (χ2n) is 2.98. The third kappa shape index (κ3) is 2.02. The Kier molecular flexibility index (Phi) is 2.73. The summed E-state index contributed by atoms with van der Waals surface area (Å²) in [5.41, 5.74) is 6.37. The second-order valence-corrected chi connectivity index (χ2v) is 3.90. The summed E-state index contributed by atoms with van der Waals surface area (Å²) >= 11 is 3.39. The molecule has 0 saturated carbocycles. The predicted molar refractivity (Wildman–Crippen MR) is 62.8 cm³/mol. The number of nitrogens with two attached hydrogens (primary N) is 1. The second kappa shape index (κ2) is 4.02. The van der Waals surface area contributed by atoms with Gasteiger partial charge in [0, 0.05) is 4.47 Å². The third-order valence-corrected chi connectivity index (χ3v) is 2.41. The molecule has 2 rings (SSSR count). The minimum atomic E-state index is 0.230. The molecule has 1 aromatic carbocycles. The van der Waals surface area contributed by atoms with E-state index in [0.717, 1.165) is 15.4 Å². The first-order valence-electron chi connectivity index (χ1n) is 4.56. The van der Waals surface area contributed by atoms with Gasteiger partial charge in [0.1, 0.15) is 0 Å². The molecule has 0 amide bonds. The Labute approximate surface area is 95.6 Å². The molecule has 5 heteroatoms. The van der Waals surface area contributed by atoms with E-state index in [-0.39, 0.29) is 5.95 Å². The van der Waals surface area contributed by atoms with Crippen LogP contribution < -0.4 is 10.5 Å². The van der Waals surface area contributed by atoms with Crippen molar-refractivity contribution in [3.8, 4) is 5.88 Å². The topological polar surface area (TPSA) is 61.0 Å². The van der Waals surface area contributed by atoms with Gasteiger partial charge in [0.15, 0.2) is 0 Å². The highest BCUT2D eigenvalue weighted by Gasteiger charge is 2.07. The molecule has 2 N–H and O–H groups in total. The average Bonchev–Trinajstić information content (AvgIpc) is 2.19. The van der Waals surface area contributed by atoms with Crippen LogP contribution in [0.25, 0.3) is 10.9 Å². The van der Waals surface area contributed by atoms with Crippen LogP contribution in [0.4, 0.5) is 5.95 Å². The smallest absolute Gasteiger partial charge is 0.226 e. The summed E-state index contributed by atoms with van der Waals surface area (Å²) in [6.07, 6.45) is 0. The minimum absolute atomic E-state index is 0.230. The molecule has 0 atom stereocenters. The first-order valence-corrected chi connectivity index (χ1v) is 5.35. The van der Waals surface area contributed by atoms with Crippen molar-refractivity contribution >= 4 is 32.8 Å². The van der Waals surface area contributed by atoms with E-state index in [0.29, 0.717) is 12.5 Å².